The van der Waals surface area contributed by atoms with Gasteiger partial charge in [-0.25, -0.2) is 0 Å². The monoisotopic (exact) mass is 807 g/mol. The van der Waals surface area contributed by atoms with E-state index in [1.54, 1.807) is 0 Å². The summed E-state index contributed by atoms with van der Waals surface area (Å²) < 4.78 is 33.3. The number of hydrogen-bond acceptors (Lipinski definition) is 15. The van der Waals surface area contributed by atoms with Crippen molar-refractivity contribution < 1.29 is 73.8 Å². The van der Waals surface area contributed by atoms with Crippen molar-refractivity contribution in [1.29, 1.82) is 0 Å². The molecular weight excluding hydrogens is 732 g/mol. The highest BCUT2D eigenvalue weighted by Gasteiger charge is 2.47. The van der Waals surface area contributed by atoms with Gasteiger partial charge in [0.2, 0.25) is 0 Å². The molecule has 0 aromatic carbocycles. The largest absolute Gasteiger partial charge is 0.462 e. The summed E-state index contributed by atoms with van der Waals surface area (Å²) in [5, 5.41) is 71.6. The molecular formula is C41H74O15. The summed E-state index contributed by atoms with van der Waals surface area (Å²) in [7, 11) is 0. The number of aliphatic hydroxyl groups is 7. The minimum absolute atomic E-state index is 0.158. The first-order valence-corrected chi connectivity index (χ1v) is 21.3. The lowest BCUT2D eigenvalue weighted by atomic mass is 9.98. The van der Waals surface area contributed by atoms with Crippen molar-refractivity contribution >= 4 is 11.9 Å². The van der Waals surface area contributed by atoms with E-state index >= 15 is 0 Å². The summed E-state index contributed by atoms with van der Waals surface area (Å²) in [6.45, 7) is 2.49. The Morgan fingerprint density at radius 1 is 0.554 bits per heavy atom. The van der Waals surface area contributed by atoms with E-state index in [2.05, 4.69) is 26.0 Å². The van der Waals surface area contributed by atoms with Crippen LogP contribution in [0.15, 0.2) is 12.2 Å². The van der Waals surface area contributed by atoms with Crippen LogP contribution < -0.4 is 0 Å². The number of carbonyl (C=O) groups excluding carboxylic acids is 2. The van der Waals surface area contributed by atoms with Crippen LogP contribution in [0.25, 0.3) is 0 Å². The first-order chi connectivity index (χ1) is 27.0. The van der Waals surface area contributed by atoms with Gasteiger partial charge < -0.3 is 64.2 Å². The molecule has 2 aliphatic heterocycles. The SMILES string of the molecule is CCCCC/C=C/CCCCCCCC(=O)O[C@H](COC(=O)CCCCCCCCCC)CO[C@@H]1O[C@H](CO[C@@H]2O[C@H](CO)[C@H](O)C(O)C2O)[C@H](O)C(O)C1O. The molecule has 0 radical (unpaired) electrons. The number of ether oxygens (including phenoxy) is 6. The Kier molecular flexibility index (Phi) is 27.3. The van der Waals surface area contributed by atoms with Gasteiger partial charge in [-0.2, -0.15) is 0 Å². The molecule has 0 aromatic rings. The van der Waals surface area contributed by atoms with Crippen molar-refractivity contribution in [3.63, 3.8) is 0 Å². The van der Waals surface area contributed by atoms with Gasteiger partial charge in [0.25, 0.3) is 0 Å². The summed E-state index contributed by atoms with van der Waals surface area (Å²) in [6.07, 6.45) is 7.12. The lowest BCUT2D eigenvalue weighted by Gasteiger charge is -2.42. The van der Waals surface area contributed by atoms with Crippen LogP contribution in [0.5, 0.6) is 0 Å². The second-order valence-electron chi connectivity index (χ2n) is 15.2. The highest BCUT2D eigenvalue weighted by atomic mass is 16.7. The topological polar surface area (TPSA) is 231 Å². The molecule has 4 unspecified atom stereocenters. The quantitative estimate of drug-likeness (QED) is 0.0302. The Morgan fingerprint density at radius 2 is 1.02 bits per heavy atom. The number of hydrogen-bond donors (Lipinski definition) is 7. The Morgan fingerprint density at radius 3 is 1.61 bits per heavy atom. The van der Waals surface area contributed by atoms with E-state index in [9.17, 15) is 45.3 Å². The molecule has 15 heteroatoms. The fourth-order valence-electron chi connectivity index (χ4n) is 6.62. The van der Waals surface area contributed by atoms with Crippen molar-refractivity contribution in [2.45, 2.75) is 210 Å². The van der Waals surface area contributed by atoms with Gasteiger partial charge in [0.15, 0.2) is 18.7 Å². The van der Waals surface area contributed by atoms with E-state index in [0.29, 0.717) is 12.8 Å². The molecule has 0 spiro atoms. The summed E-state index contributed by atoms with van der Waals surface area (Å²) >= 11 is 0. The number of unbranched alkanes of at least 4 members (excludes halogenated alkanes) is 15. The molecule has 0 saturated carbocycles. The van der Waals surface area contributed by atoms with Crippen LogP contribution >= 0.6 is 0 Å². The highest BCUT2D eigenvalue weighted by molar-refractivity contribution is 5.70. The van der Waals surface area contributed by atoms with Gasteiger partial charge in [0.05, 0.1) is 19.8 Å². The van der Waals surface area contributed by atoms with Gasteiger partial charge in [-0.05, 0) is 38.5 Å². The van der Waals surface area contributed by atoms with Crippen molar-refractivity contribution in [3.05, 3.63) is 12.2 Å². The third-order valence-corrected chi connectivity index (χ3v) is 10.2. The van der Waals surface area contributed by atoms with Gasteiger partial charge in [-0.15, -0.1) is 0 Å². The molecule has 0 aromatic heterocycles. The Hall–Kier alpha value is -1.76. The van der Waals surface area contributed by atoms with Crippen LogP contribution in [0.2, 0.25) is 0 Å². The zero-order chi connectivity index (χ0) is 41.1. The van der Waals surface area contributed by atoms with Gasteiger partial charge in [-0.3, -0.25) is 9.59 Å². The average molecular weight is 807 g/mol. The minimum Gasteiger partial charge on any atom is -0.462 e. The standard InChI is InChI=1S/C41H74O15/c1-3-5-7-9-11-13-14-15-16-18-20-22-24-33(44)54-29(26-51-32(43)23-21-19-17-12-10-8-6-4-2)27-52-40-39(50)37(48)35(46)31(56-40)28-53-41-38(49)36(47)34(45)30(25-42)55-41/h11,13,29-31,34-42,45-50H,3-10,12,14-28H2,1-2H3/b13-11+/t29-,30-,31-,34+,35+,36?,37?,38?,39?,40-,41-/m1/s1. The summed E-state index contributed by atoms with van der Waals surface area (Å²) in [5.41, 5.74) is 0. The highest BCUT2D eigenvalue weighted by Crippen LogP contribution is 2.26. The number of allylic oxidation sites excluding steroid dienone is 2. The van der Waals surface area contributed by atoms with E-state index in [1.807, 2.05) is 0 Å². The Balaban J connectivity index is 1.89. The molecule has 2 aliphatic rings. The van der Waals surface area contributed by atoms with Crippen LogP contribution in [0.4, 0.5) is 0 Å². The van der Waals surface area contributed by atoms with E-state index in [1.165, 1.54) is 44.9 Å². The first kappa shape index (κ1) is 50.4. The molecule has 7 N–H and O–H groups in total. The molecule has 0 aliphatic carbocycles. The second kappa shape index (κ2) is 30.3. The van der Waals surface area contributed by atoms with E-state index in [0.717, 1.165) is 57.8 Å². The maximum absolute atomic E-state index is 12.9. The van der Waals surface area contributed by atoms with E-state index in [-0.39, 0.29) is 26.1 Å². The number of aliphatic hydroxyl groups excluding tert-OH is 7. The predicted molar refractivity (Wildman–Crippen MR) is 206 cm³/mol. The first-order valence-electron chi connectivity index (χ1n) is 21.3. The molecule has 56 heavy (non-hydrogen) atoms. The molecule has 2 fully saturated rings. The zero-order valence-corrected chi connectivity index (χ0v) is 33.9. The maximum Gasteiger partial charge on any atom is 0.306 e. The van der Waals surface area contributed by atoms with Gasteiger partial charge in [-0.1, -0.05) is 103 Å². The lowest BCUT2D eigenvalue weighted by Crippen LogP contribution is -2.61. The average Bonchev–Trinajstić information content (AvgIpc) is 3.19. The third-order valence-electron chi connectivity index (χ3n) is 10.2. The lowest BCUT2D eigenvalue weighted by molar-refractivity contribution is -0.332. The van der Waals surface area contributed by atoms with E-state index < -0.39 is 92.7 Å². The molecule has 2 rings (SSSR count). The van der Waals surface area contributed by atoms with Gasteiger partial charge in [0.1, 0.15) is 55.4 Å². The van der Waals surface area contributed by atoms with Crippen molar-refractivity contribution in [3.8, 4) is 0 Å². The van der Waals surface area contributed by atoms with Crippen LogP contribution in [0, 0.1) is 0 Å². The van der Waals surface area contributed by atoms with Crippen LogP contribution in [-0.4, -0.2) is 142 Å². The summed E-state index contributed by atoms with van der Waals surface area (Å²) in [6, 6.07) is 0. The summed E-state index contributed by atoms with van der Waals surface area (Å²) in [4.78, 5) is 25.4. The Labute approximate surface area is 333 Å². The molecule has 11 atom stereocenters. The van der Waals surface area contributed by atoms with Gasteiger partial charge >= 0.3 is 11.9 Å². The minimum atomic E-state index is -1.76. The van der Waals surface area contributed by atoms with E-state index in [4.69, 9.17) is 28.4 Å². The number of carbonyl (C=O) groups is 2. The predicted octanol–water partition coefficient (Wildman–Crippen LogP) is 3.48. The van der Waals surface area contributed by atoms with Crippen molar-refractivity contribution in [1.82, 2.24) is 0 Å². The summed E-state index contributed by atoms with van der Waals surface area (Å²) in [5.74, 6) is -0.940. The third kappa shape index (κ3) is 19.8. The van der Waals surface area contributed by atoms with Crippen LogP contribution in [0.3, 0.4) is 0 Å². The molecule has 15 nitrogen and oxygen atoms in total. The molecule has 328 valence electrons. The molecule has 0 bridgehead atoms. The fraction of sp³-hybridized carbons (Fsp3) is 0.902. The smallest absolute Gasteiger partial charge is 0.306 e. The molecule has 2 saturated heterocycles. The van der Waals surface area contributed by atoms with Crippen molar-refractivity contribution in [2.24, 2.45) is 0 Å². The number of esters is 2. The van der Waals surface area contributed by atoms with Gasteiger partial charge in [0, 0.05) is 12.8 Å². The zero-order valence-electron chi connectivity index (χ0n) is 33.9. The second-order valence-corrected chi connectivity index (χ2v) is 15.2. The van der Waals surface area contributed by atoms with Crippen molar-refractivity contribution in [2.75, 3.05) is 26.4 Å². The normalized spacial score (nSPS) is 28.7. The number of rotatable bonds is 31. The molecule has 2 heterocycles. The maximum atomic E-state index is 12.9. The molecule has 0 amide bonds. The van der Waals surface area contributed by atoms with Crippen LogP contribution in [0.1, 0.15) is 142 Å². The van der Waals surface area contributed by atoms with Crippen LogP contribution in [-0.2, 0) is 38.0 Å². The fourth-order valence-corrected chi connectivity index (χ4v) is 6.62. The Bertz CT molecular complexity index is 1040.